The van der Waals surface area contributed by atoms with Crippen molar-refractivity contribution in [3.05, 3.63) is 59.9 Å². The molecule has 1 aliphatic heterocycles. The topological polar surface area (TPSA) is 82.6 Å². The maximum atomic E-state index is 12.7. The summed E-state index contributed by atoms with van der Waals surface area (Å²) in [6.45, 7) is 6.21. The third-order valence-electron chi connectivity index (χ3n) is 4.69. The number of aromatic nitrogens is 1. The third kappa shape index (κ3) is 4.91. The maximum absolute atomic E-state index is 12.7. The molecule has 1 aliphatic rings. The van der Waals surface area contributed by atoms with Gasteiger partial charge in [0, 0.05) is 50.7 Å². The number of rotatable bonds is 6. The Bertz CT molecular complexity index is 879. The molecule has 0 spiro atoms. The van der Waals surface area contributed by atoms with E-state index >= 15 is 0 Å². The lowest BCUT2D eigenvalue weighted by Gasteiger charge is -2.34. The number of benzene rings is 1. The lowest BCUT2D eigenvalue weighted by molar-refractivity contribution is 0.0643. The SMILES string of the molecule is CCN1CCN(C(=O)c2cccc(S(=O)(=O)NCc3cccnc3)c2)CC1. The van der Waals surface area contributed by atoms with Gasteiger partial charge in [-0.2, -0.15) is 0 Å². The lowest BCUT2D eigenvalue weighted by atomic mass is 10.2. The molecule has 1 aromatic carbocycles. The summed E-state index contributed by atoms with van der Waals surface area (Å²) in [5, 5.41) is 0. The van der Waals surface area contributed by atoms with Gasteiger partial charge in [-0.3, -0.25) is 9.78 Å². The Balaban J connectivity index is 1.70. The molecule has 7 nitrogen and oxygen atoms in total. The van der Waals surface area contributed by atoms with E-state index in [2.05, 4.69) is 21.5 Å². The van der Waals surface area contributed by atoms with Crippen LogP contribution >= 0.6 is 0 Å². The molecule has 0 bridgehead atoms. The standard InChI is InChI=1S/C19H24N4O3S/c1-2-22-9-11-23(12-10-22)19(24)17-6-3-7-18(13-17)27(25,26)21-15-16-5-4-8-20-14-16/h3-8,13-14,21H,2,9-12,15H2,1H3. The minimum Gasteiger partial charge on any atom is -0.336 e. The number of carbonyl (C=O) groups excluding carboxylic acids is 1. The molecule has 144 valence electrons. The molecule has 0 radical (unpaired) electrons. The van der Waals surface area contributed by atoms with Gasteiger partial charge in [-0.05, 0) is 36.4 Å². The highest BCUT2D eigenvalue weighted by Gasteiger charge is 2.23. The Morgan fingerprint density at radius 3 is 2.59 bits per heavy atom. The summed E-state index contributed by atoms with van der Waals surface area (Å²) in [5.74, 6) is -0.130. The van der Waals surface area contributed by atoms with Crippen LogP contribution in [0.25, 0.3) is 0 Å². The highest BCUT2D eigenvalue weighted by atomic mass is 32.2. The molecule has 1 aromatic heterocycles. The molecule has 0 aliphatic carbocycles. The number of pyridine rings is 1. The van der Waals surface area contributed by atoms with E-state index in [9.17, 15) is 13.2 Å². The van der Waals surface area contributed by atoms with Crippen molar-refractivity contribution >= 4 is 15.9 Å². The second kappa shape index (κ2) is 8.60. The molecular weight excluding hydrogens is 364 g/mol. The van der Waals surface area contributed by atoms with Crippen molar-refractivity contribution in [2.45, 2.75) is 18.4 Å². The van der Waals surface area contributed by atoms with E-state index in [0.29, 0.717) is 18.7 Å². The molecule has 27 heavy (non-hydrogen) atoms. The van der Waals surface area contributed by atoms with Gasteiger partial charge in [-0.15, -0.1) is 0 Å². The molecule has 3 rings (SSSR count). The number of piperazine rings is 1. The number of nitrogens with zero attached hydrogens (tertiary/aromatic N) is 3. The smallest absolute Gasteiger partial charge is 0.253 e. The van der Waals surface area contributed by atoms with E-state index in [1.165, 1.54) is 12.1 Å². The molecule has 0 saturated carbocycles. The first-order chi connectivity index (χ1) is 13.0. The van der Waals surface area contributed by atoms with E-state index < -0.39 is 10.0 Å². The van der Waals surface area contributed by atoms with E-state index in [0.717, 1.165) is 25.2 Å². The number of carbonyl (C=O) groups is 1. The molecule has 0 atom stereocenters. The van der Waals surface area contributed by atoms with Gasteiger partial charge in [0.2, 0.25) is 10.0 Å². The molecule has 1 N–H and O–H groups in total. The van der Waals surface area contributed by atoms with E-state index in [1.807, 2.05) is 0 Å². The Morgan fingerprint density at radius 1 is 1.15 bits per heavy atom. The van der Waals surface area contributed by atoms with Gasteiger partial charge in [-0.1, -0.05) is 19.1 Å². The van der Waals surface area contributed by atoms with Crippen LogP contribution in [0.5, 0.6) is 0 Å². The molecule has 2 heterocycles. The summed E-state index contributed by atoms with van der Waals surface area (Å²) in [6, 6.07) is 9.76. The average Bonchev–Trinajstić information content (AvgIpc) is 2.73. The Kier molecular flexibility index (Phi) is 6.20. The first-order valence-corrected chi connectivity index (χ1v) is 10.5. The van der Waals surface area contributed by atoms with Gasteiger partial charge in [0.15, 0.2) is 0 Å². The van der Waals surface area contributed by atoms with Crippen molar-refractivity contribution in [1.29, 1.82) is 0 Å². The number of nitrogens with one attached hydrogen (secondary N) is 1. The summed E-state index contributed by atoms with van der Waals surface area (Å²) in [6.07, 6.45) is 3.24. The van der Waals surface area contributed by atoms with Crippen LogP contribution in [0.2, 0.25) is 0 Å². The largest absolute Gasteiger partial charge is 0.336 e. The summed E-state index contributed by atoms with van der Waals surface area (Å²) >= 11 is 0. The van der Waals surface area contributed by atoms with Crippen molar-refractivity contribution in [3.63, 3.8) is 0 Å². The van der Waals surface area contributed by atoms with Crippen LogP contribution in [-0.4, -0.2) is 61.8 Å². The Hall–Kier alpha value is -2.29. The maximum Gasteiger partial charge on any atom is 0.253 e. The summed E-state index contributed by atoms with van der Waals surface area (Å²) in [4.78, 5) is 20.9. The van der Waals surface area contributed by atoms with Crippen molar-refractivity contribution in [2.75, 3.05) is 32.7 Å². The van der Waals surface area contributed by atoms with E-state index in [-0.39, 0.29) is 17.3 Å². The zero-order valence-electron chi connectivity index (χ0n) is 15.3. The van der Waals surface area contributed by atoms with Crippen LogP contribution in [0, 0.1) is 0 Å². The zero-order chi connectivity index (χ0) is 19.3. The number of amides is 1. The minimum atomic E-state index is -3.71. The van der Waals surface area contributed by atoms with Gasteiger partial charge >= 0.3 is 0 Å². The van der Waals surface area contributed by atoms with Gasteiger partial charge < -0.3 is 9.80 Å². The van der Waals surface area contributed by atoms with E-state index in [1.54, 1.807) is 41.6 Å². The summed E-state index contributed by atoms with van der Waals surface area (Å²) in [7, 11) is -3.71. The first kappa shape index (κ1) is 19.5. The molecule has 1 saturated heterocycles. The molecule has 0 unspecified atom stereocenters. The van der Waals surface area contributed by atoms with Crippen LogP contribution < -0.4 is 4.72 Å². The first-order valence-electron chi connectivity index (χ1n) is 9.00. The fourth-order valence-corrected chi connectivity index (χ4v) is 4.07. The van der Waals surface area contributed by atoms with Gasteiger partial charge in [-0.25, -0.2) is 13.1 Å². The summed E-state index contributed by atoms with van der Waals surface area (Å²) in [5.41, 5.74) is 1.16. The second-order valence-electron chi connectivity index (χ2n) is 6.44. The number of hydrogen-bond donors (Lipinski definition) is 1. The predicted molar refractivity (Wildman–Crippen MR) is 103 cm³/mol. The quantitative estimate of drug-likeness (QED) is 0.807. The van der Waals surface area contributed by atoms with Crippen molar-refractivity contribution in [1.82, 2.24) is 19.5 Å². The highest BCUT2D eigenvalue weighted by Crippen LogP contribution is 2.15. The molecule has 1 fully saturated rings. The molecule has 8 heteroatoms. The fraction of sp³-hybridized carbons (Fsp3) is 0.368. The van der Waals surface area contributed by atoms with Crippen LogP contribution in [0.15, 0.2) is 53.7 Å². The summed E-state index contributed by atoms with van der Waals surface area (Å²) < 4.78 is 27.7. The van der Waals surface area contributed by atoms with Crippen LogP contribution in [0.4, 0.5) is 0 Å². The normalized spacial score (nSPS) is 15.7. The molecular formula is C19H24N4O3S. The number of likely N-dealkylation sites (N-methyl/N-ethyl adjacent to an activating group) is 1. The second-order valence-corrected chi connectivity index (χ2v) is 8.21. The van der Waals surface area contributed by atoms with Crippen molar-refractivity contribution in [2.24, 2.45) is 0 Å². The predicted octanol–water partition coefficient (Wildman–Crippen LogP) is 1.34. The van der Waals surface area contributed by atoms with Crippen molar-refractivity contribution in [3.8, 4) is 0 Å². The average molecular weight is 388 g/mol. The van der Waals surface area contributed by atoms with E-state index in [4.69, 9.17) is 0 Å². The van der Waals surface area contributed by atoms with Gasteiger partial charge in [0.1, 0.15) is 0 Å². The Labute approximate surface area is 160 Å². The minimum absolute atomic E-state index is 0.0874. The fourth-order valence-electron chi connectivity index (χ4n) is 3.01. The molecule has 1 amide bonds. The van der Waals surface area contributed by atoms with Crippen molar-refractivity contribution < 1.29 is 13.2 Å². The van der Waals surface area contributed by atoms with Gasteiger partial charge in [0.25, 0.3) is 5.91 Å². The zero-order valence-corrected chi connectivity index (χ0v) is 16.2. The number of hydrogen-bond acceptors (Lipinski definition) is 5. The molecule has 2 aromatic rings. The lowest BCUT2D eigenvalue weighted by Crippen LogP contribution is -2.48. The number of sulfonamides is 1. The van der Waals surface area contributed by atoms with Gasteiger partial charge in [0.05, 0.1) is 4.90 Å². The van der Waals surface area contributed by atoms with Crippen LogP contribution in [-0.2, 0) is 16.6 Å². The monoisotopic (exact) mass is 388 g/mol. The highest BCUT2D eigenvalue weighted by molar-refractivity contribution is 7.89. The Morgan fingerprint density at radius 2 is 1.93 bits per heavy atom. The third-order valence-corrected chi connectivity index (χ3v) is 6.09. The van der Waals surface area contributed by atoms with Crippen LogP contribution in [0.3, 0.4) is 0 Å². The van der Waals surface area contributed by atoms with Crippen LogP contribution in [0.1, 0.15) is 22.8 Å².